The summed E-state index contributed by atoms with van der Waals surface area (Å²) in [6, 6.07) is 5.39. The number of carbonyl (C=O) groups excluding carboxylic acids is 1. The molecule has 1 aliphatic rings. The van der Waals surface area contributed by atoms with E-state index in [0.29, 0.717) is 25.0 Å². The molecule has 0 spiro atoms. The molecule has 4 nitrogen and oxygen atoms in total. The van der Waals surface area contributed by atoms with Crippen LogP contribution in [0.1, 0.15) is 42.1 Å². The predicted octanol–water partition coefficient (Wildman–Crippen LogP) is 2.45. The van der Waals surface area contributed by atoms with E-state index in [1.54, 1.807) is 12.1 Å². The highest BCUT2D eigenvalue weighted by Crippen LogP contribution is 2.31. The smallest absolute Gasteiger partial charge is 0.307 e. The molecular weight excluding hydrogens is 232 g/mol. The molecular formula is C14H16O4. The summed E-state index contributed by atoms with van der Waals surface area (Å²) in [5.41, 5.74) is 1.64. The van der Waals surface area contributed by atoms with Crippen LogP contribution < -0.4 is 4.74 Å². The van der Waals surface area contributed by atoms with Crippen LogP contribution in [0.3, 0.4) is 0 Å². The second kappa shape index (κ2) is 5.21. The summed E-state index contributed by atoms with van der Waals surface area (Å²) in [6.07, 6.45) is 1.47. The zero-order valence-corrected chi connectivity index (χ0v) is 10.3. The molecule has 1 aromatic rings. The molecule has 1 aromatic carbocycles. The first-order valence-corrected chi connectivity index (χ1v) is 6.15. The van der Waals surface area contributed by atoms with Crippen molar-refractivity contribution >= 4 is 11.8 Å². The molecule has 0 radical (unpaired) electrons. The Morgan fingerprint density at radius 1 is 1.44 bits per heavy atom. The number of carboxylic acids is 1. The largest absolute Gasteiger partial charge is 0.490 e. The number of ketones is 1. The molecule has 1 unspecified atom stereocenters. The van der Waals surface area contributed by atoms with Crippen molar-refractivity contribution in [2.24, 2.45) is 0 Å². The maximum atomic E-state index is 11.6. The zero-order chi connectivity index (χ0) is 13.1. The molecule has 1 aliphatic carbocycles. The summed E-state index contributed by atoms with van der Waals surface area (Å²) in [4.78, 5) is 22.3. The lowest BCUT2D eigenvalue weighted by atomic mass is 10.1. The molecule has 0 amide bonds. The van der Waals surface area contributed by atoms with Crippen molar-refractivity contribution in [2.45, 2.75) is 38.7 Å². The molecule has 1 atom stereocenters. The van der Waals surface area contributed by atoms with E-state index in [-0.39, 0.29) is 18.3 Å². The van der Waals surface area contributed by atoms with Crippen LogP contribution in [0.2, 0.25) is 0 Å². The van der Waals surface area contributed by atoms with E-state index in [1.807, 2.05) is 13.0 Å². The molecule has 2 rings (SSSR count). The van der Waals surface area contributed by atoms with Crippen molar-refractivity contribution in [3.63, 3.8) is 0 Å². The van der Waals surface area contributed by atoms with Gasteiger partial charge in [-0.15, -0.1) is 0 Å². The lowest BCUT2D eigenvalue weighted by Crippen LogP contribution is -2.20. The highest BCUT2D eigenvalue weighted by molar-refractivity contribution is 6.01. The van der Waals surface area contributed by atoms with Gasteiger partial charge in [-0.1, -0.05) is 19.1 Å². The Bertz CT molecular complexity index is 479. The molecule has 0 heterocycles. The van der Waals surface area contributed by atoms with Gasteiger partial charge in [0.05, 0.1) is 6.42 Å². The Morgan fingerprint density at radius 2 is 2.22 bits per heavy atom. The van der Waals surface area contributed by atoms with Crippen LogP contribution in [0.25, 0.3) is 0 Å². The van der Waals surface area contributed by atoms with E-state index in [0.717, 1.165) is 11.1 Å². The molecule has 96 valence electrons. The van der Waals surface area contributed by atoms with Gasteiger partial charge in [0.1, 0.15) is 11.9 Å². The number of rotatable bonds is 5. The zero-order valence-electron chi connectivity index (χ0n) is 10.3. The molecule has 0 saturated heterocycles. The van der Waals surface area contributed by atoms with Gasteiger partial charge in [0.2, 0.25) is 0 Å². The first-order valence-electron chi connectivity index (χ1n) is 6.15. The number of carboxylic acid groups (broad SMARTS) is 1. The van der Waals surface area contributed by atoms with E-state index < -0.39 is 5.97 Å². The van der Waals surface area contributed by atoms with Crippen LogP contribution >= 0.6 is 0 Å². The van der Waals surface area contributed by atoms with Crippen LogP contribution in [-0.2, 0) is 11.2 Å². The van der Waals surface area contributed by atoms with Gasteiger partial charge >= 0.3 is 5.97 Å². The SMILES string of the molecule is CCC(CC(=O)O)Oc1cccc2c1CCC2=O. The number of Topliss-reactive ketones (excluding diaryl/α,β-unsaturated/α-hetero) is 1. The van der Waals surface area contributed by atoms with E-state index in [9.17, 15) is 9.59 Å². The van der Waals surface area contributed by atoms with E-state index in [4.69, 9.17) is 9.84 Å². The summed E-state index contributed by atoms with van der Waals surface area (Å²) in [7, 11) is 0. The molecule has 1 N–H and O–H groups in total. The normalized spacial score (nSPS) is 15.3. The average molecular weight is 248 g/mol. The quantitative estimate of drug-likeness (QED) is 0.869. The van der Waals surface area contributed by atoms with Gasteiger partial charge in [0.15, 0.2) is 5.78 Å². The number of benzene rings is 1. The lowest BCUT2D eigenvalue weighted by molar-refractivity contribution is -0.138. The monoisotopic (exact) mass is 248 g/mol. The van der Waals surface area contributed by atoms with Crippen LogP contribution in [0.5, 0.6) is 5.75 Å². The fraction of sp³-hybridized carbons (Fsp3) is 0.429. The van der Waals surface area contributed by atoms with Crippen molar-refractivity contribution < 1.29 is 19.4 Å². The summed E-state index contributed by atoms with van der Waals surface area (Å²) in [5.74, 6) is -0.0707. The predicted molar refractivity (Wildman–Crippen MR) is 66.1 cm³/mol. The fourth-order valence-corrected chi connectivity index (χ4v) is 2.21. The third-order valence-electron chi connectivity index (χ3n) is 3.19. The number of carbonyl (C=O) groups is 2. The maximum Gasteiger partial charge on any atom is 0.307 e. The Hall–Kier alpha value is -1.84. The second-order valence-electron chi connectivity index (χ2n) is 4.45. The van der Waals surface area contributed by atoms with Gasteiger partial charge < -0.3 is 9.84 Å². The van der Waals surface area contributed by atoms with Gasteiger partial charge in [-0.25, -0.2) is 0 Å². The van der Waals surface area contributed by atoms with E-state index >= 15 is 0 Å². The van der Waals surface area contributed by atoms with Gasteiger partial charge in [-0.05, 0) is 18.9 Å². The summed E-state index contributed by atoms with van der Waals surface area (Å²) < 4.78 is 5.73. The number of aliphatic carboxylic acids is 1. The molecule has 4 heteroatoms. The van der Waals surface area contributed by atoms with Crippen LogP contribution in [0.4, 0.5) is 0 Å². The lowest BCUT2D eigenvalue weighted by Gasteiger charge is -2.17. The van der Waals surface area contributed by atoms with Gasteiger partial charge in [-0.2, -0.15) is 0 Å². The first-order chi connectivity index (χ1) is 8.61. The Labute approximate surface area is 106 Å². The average Bonchev–Trinajstić information content (AvgIpc) is 2.71. The standard InChI is InChI=1S/C14H16O4/c1-2-9(8-14(16)17)18-13-5-3-4-10-11(13)6-7-12(10)15/h3-5,9H,2,6-8H2,1H3,(H,16,17). The molecule has 18 heavy (non-hydrogen) atoms. The van der Waals surface area contributed by atoms with Crippen molar-refractivity contribution in [2.75, 3.05) is 0 Å². The highest BCUT2D eigenvalue weighted by atomic mass is 16.5. The topological polar surface area (TPSA) is 63.6 Å². The molecule has 0 aliphatic heterocycles. The number of hydrogen-bond acceptors (Lipinski definition) is 3. The molecule has 0 saturated carbocycles. The van der Waals surface area contributed by atoms with Gasteiger partial charge in [-0.3, -0.25) is 9.59 Å². The highest BCUT2D eigenvalue weighted by Gasteiger charge is 2.24. The minimum atomic E-state index is -0.870. The third-order valence-corrected chi connectivity index (χ3v) is 3.19. The number of hydrogen-bond donors (Lipinski definition) is 1. The Balaban J connectivity index is 2.19. The van der Waals surface area contributed by atoms with Crippen molar-refractivity contribution in [3.05, 3.63) is 29.3 Å². The number of ether oxygens (including phenoxy) is 1. The molecule has 0 fully saturated rings. The molecule has 0 aromatic heterocycles. The summed E-state index contributed by atoms with van der Waals surface area (Å²) in [6.45, 7) is 1.89. The van der Waals surface area contributed by atoms with Gasteiger partial charge in [0.25, 0.3) is 0 Å². The van der Waals surface area contributed by atoms with Gasteiger partial charge in [0, 0.05) is 17.5 Å². The Kier molecular flexibility index (Phi) is 3.65. The first kappa shape index (κ1) is 12.6. The number of fused-ring (bicyclic) bond motifs is 1. The van der Waals surface area contributed by atoms with E-state index in [1.165, 1.54) is 0 Å². The minimum Gasteiger partial charge on any atom is -0.490 e. The van der Waals surface area contributed by atoms with Crippen LogP contribution in [0.15, 0.2) is 18.2 Å². The fourth-order valence-electron chi connectivity index (χ4n) is 2.21. The van der Waals surface area contributed by atoms with E-state index in [2.05, 4.69) is 0 Å². The van der Waals surface area contributed by atoms with Crippen molar-refractivity contribution in [1.29, 1.82) is 0 Å². The summed E-state index contributed by atoms with van der Waals surface area (Å²) in [5, 5.41) is 8.79. The van der Waals surface area contributed by atoms with Crippen LogP contribution in [0, 0.1) is 0 Å². The van der Waals surface area contributed by atoms with Crippen molar-refractivity contribution in [1.82, 2.24) is 0 Å². The third kappa shape index (κ3) is 2.53. The summed E-state index contributed by atoms with van der Waals surface area (Å²) >= 11 is 0. The molecule has 0 bridgehead atoms. The maximum absolute atomic E-state index is 11.6. The minimum absolute atomic E-state index is 0.0197. The Morgan fingerprint density at radius 3 is 2.89 bits per heavy atom. The second-order valence-corrected chi connectivity index (χ2v) is 4.45. The van der Waals surface area contributed by atoms with Crippen molar-refractivity contribution in [3.8, 4) is 5.75 Å². The van der Waals surface area contributed by atoms with Crippen LogP contribution in [-0.4, -0.2) is 23.0 Å².